The maximum Gasteiger partial charge on any atom is 0.392 e. The lowest BCUT2D eigenvalue weighted by Crippen LogP contribution is -2.23. The fourth-order valence-corrected chi connectivity index (χ4v) is 1.90. The Morgan fingerprint density at radius 2 is 1.60 bits per heavy atom. The number of rotatable bonds is 0. The lowest BCUT2D eigenvalue weighted by Gasteiger charge is -2.07. The molecule has 3 atom stereocenters. The van der Waals surface area contributed by atoms with Gasteiger partial charge in [-0.1, -0.05) is 0 Å². The van der Waals surface area contributed by atoms with Crippen LogP contribution in [0.25, 0.3) is 0 Å². The van der Waals surface area contributed by atoms with Crippen LogP contribution in [0.5, 0.6) is 0 Å². The maximum atomic E-state index is 11.9. The Labute approximate surface area is 56.6 Å². The molecule has 0 aromatic carbocycles. The van der Waals surface area contributed by atoms with Crippen molar-refractivity contribution in [2.75, 3.05) is 13.1 Å². The molecule has 0 spiro atoms. The molecule has 4 heteroatoms. The highest BCUT2D eigenvalue weighted by atomic mass is 19.4. The molecule has 0 bridgehead atoms. The van der Waals surface area contributed by atoms with E-state index in [1.165, 1.54) is 0 Å². The van der Waals surface area contributed by atoms with Gasteiger partial charge in [-0.25, -0.2) is 0 Å². The fourth-order valence-electron chi connectivity index (χ4n) is 1.90. The smallest absolute Gasteiger partial charge is 0.316 e. The molecule has 1 nitrogen and oxygen atoms in total. The van der Waals surface area contributed by atoms with Crippen LogP contribution in [0, 0.1) is 17.8 Å². The third-order valence-electron chi connectivity index (χ3n) is 2.47. The quantitative estimate of drug-likeness (QED) is 0.545. The third-order valence-corrected chi connectivity index (χ3v) is 2.47. The number of hydrogen-bond acceptors (Lipinski definition) is 1. The first-order chi connectivity index (χ1) is 4.61. The maximum absolute atomic E-state index is 11.9. The Balaban J connectivity index is 2.01. The van der Waals surface area contributed by atoms with Gasteiger partial charge in [0.25, 0.3) is 0 Å². The highest BCUT2D eigenvalue weighted by molar-refractivity contribution is 5.06. The summed E-state index contributed by atoms with van der Waals surface area (Å²) in [7, 11) is 0. The molecule has 1 aliphatic heterocycles. The van der Waals surface area contributed by atoms with Gasteiger partial charge in [-0.3, -0.25) is 0 Å². The first-order valence-corrected chi connectivity index (χ1v) is 3.38. The molecule has 2 unspecified atom stereocenters. The van der Waals surface area contributed by atoms with E-state index in [1.54, 1.807) is 0 Å². The lowest BCUT2D eigenvalue weighted by atomic mass is 10.3. The van der Waals surface area contributed by atoms with E-state index in [4.69, 9.17) is 0 Å². The van der Waals surface area contributed by atoms with Gasteiger partial charge in [0.15, 0.2) is 0 Å². The van der Waals surface area contributed by atoms with E-state index in [1.807, 2.05) is 0 Å². The summed E-state index contributed by atoms with van der Waals surface area (Å²) in [5.74, 6) is -1.17. The standard InChI is InChI=1S/C6H8F3N/c7-6(8,9)5-3-1-10-2-4(3)5/h3-5,10H,1-2H2/t3-,4?,5?/m0/s1. The van der Waals surface area contributed by atoms with Crippen molar-refractivity contribution in [1.82, 2.24) is 5.32 Å². The number of piperidine rings is 1. The highest BCUT2D eigenvalue weighted by Crippen LogP contribution is 2.56. The van der Waals surface area contributed by atoms with E-state index in [0.717, 1.165) is 0 Å². The van der Waals surface area contributed by atoms with Crippen LogP contribution in [-0.2, 0) is 0 Å². The zero-order valence-electron chi connectivity index (χ0n) is 5.28. The highest BCUT2D eigenvalue weighted by Gasteiger charge is 2.65. The number of hydrogen-bond donors (Lipinski definition) is 1. The average Bonchev–Trinajstić information content (AvgIpc) is 2.30. The summed E-state index contributed by atoms with van der Waals surface area (Å²) in [5, 5.41) is 2.92. The SMILES string of the molecule is FC(F)(F)C1C2CNC[C@@H]21. The summed E-state index contributed by atoms with van der Waals surface area (Å²) in [6, 6.07) is 0. The molecule has 1 N–H and O–H groups in total. The minimum atomic E-state index is -3.93. The largest absolute Gasteiger partial charge is 0.392 e. The van der Waals surface area contributed by atoms with E-state index < -0.39 is 12.1 Å². The zero-order chi connectivity index (χ0) is 7.35. The van der Waals surface area contributed by atoms with Crippen molar-refractivity contribution in [2.45, 2.75) is 6.18 Å². The summed E-state index contributed by atoms with van der Waals surface area (Å²) in [6.45, 7) is 1.13. The molecule has 1 heterocycles. The molecule has 0 amide bonds. The molecule has 2 aliphatic rings. The van der Waals surface area contributed by atoms with Crippen molar-refractivity contribution in [3.05, 3.63) is 0 Å². The Kier molecular flexibility index (Phi) is 1.08. The average molecular weight is 151 g/mol. The van der Waals surface area contributed by atoms with E-state index >= 15 is 0 Å². The van der Waals surface area contributed by atoms with Crippen molar-refractivity contribution in [2.24, 2.45) is 17.8 Å². The van der Waals surface area contributed by atoms with Gasteiger partial charge in [0.2, 0.25) is 0 Å². The Bertz CT molecular complexity index is 144. The van der Waals surface area contributed by atoms with Gasteiger partial charge in [0.1, 0.15) is 0 Å². The zero-order valence-corrected chi connectivity index (χ0v) is 5.28. The third kappa shape index (κ3) is 0.746. The minimum absolute atomic E-state index is 0.0972. The van der Waals surface area contributed by atoms with Crippen molar-refractivity contribution in [3.8, 4) is 0 Å². The molecule has 0 aromatic rings. The van der Waals surface area contributed by atoms with Crippen molar-refractivity contribution in [1.29, 1.82) is 0 Å². The molecule has 0 aromatic heterocycles. The van der Waals surface area contributed by atoms with Gasteiger partial charge < -0.3 is 5.32 Å². The molecule has 1 aliphatic carbocycles. The van der Waals surface area contributed by atoms with Crippen LogP contribution in [0.2, 0.25) is 0 Å². The Hall–Kier alpha value is -0.250. The lowest BCUT2D eigenvalue weighted by molar-refractivity contribution is -0.154. The molecule has 1 saturated heterocycles. The van der Waals surface area contributed by atoms with Gasteiger partial charge in [-0.2, -0.15) is 13.2 Å². The Morgan fingerprint density at radius 1 is 1.10 bits per heavy atom. The topological polar surface area (TPSA) is 12.0 Å². The van der Waals surface area contributed by atoms with Crippen molar-refractivity contribution in [3.63, 3.8) is 0 Å². The van der Waals surface area contributed by atoms with Crippen LogP contribution in [-0.4, -0.2) is 19.3 Å². The summed E-state index contributed by atoms with van der Waals surface area (Å²) in [4.78, 5) is 0. The van der Waals surface area contributed by atoms with Crippen LogP contribution >= 0.6 is 0 Å². The molecule has 10 heavy (non-hydrogen) atoms. The van der Waals surface area contributed by atoms with Crippen LogP contribution in [0.4, 0.5) is 13.2 Å². The molecule has 2 fully saturated rings. The number of halogens is 3. The van der Waals surface area contributed by atoms with E-state index in [9.17, 15) is 13.2 Å². The molecule has 1 saturated carbocycles. The predicted octanol–water partition coefficient (Wildman–Crippen LogP) is 1.01. The fraction of sp³-hybridized carbons (Fsp3) is 1.00. The number of alkyl halides is 3. The van der Waals surface area contributed by atoms with Gasteiger partial charge in [0, 0.05) is 0 Å². The van der Waals surface area contributed by atoms with Crippen molar-refractivity contribution >= 4 is 0 Å². The van der Waals surface area contributed by atoms with Crippen LogP contribution in [0.15, 0.2) is 0 Å². The summed E-state index contributed by atoms with van der Waals surface area (Å²) in [5.41, 5.74) is 0. The second-order valence-corrected chi connectivity index (χ2v) is 3.05. The van der Waals surface area contributed by atoms with Crippen LogP contribution in [0.3, 0.4) is 0 Å². The summed E-state index contributed by atoms with van der Waals surface area (Å²) >= 11 is 0. The molecule has 0 radical (unpaired) electrons. The molecular formula is C6H8F3N. The molecule has 2 rings (SSSR count). The van der Waals surface area contributed by atoms with Gasteiger partial charge in [-0.15, -0.1) is 0 Å². The van der Waals surface area contributed by atoms with E-state index in [0.29, 0.717) is 13.1 Å². The monoisotopic (exact) mass is 151 g/mol. The second-order valence-electron chi connectivity index (χ2n) is 3.05. The number of fused-ring (bicyclic) bond motifs is 1. The summed E-state index contributed by atoms with van der Waals surface area (Å²) < 4.78 is 35.8. The normalized spacial score (nSPS) is 45.3. The number of nitrogens with one attached hydrogen (secondary N) is 1. The van der Waals surface area contributed by atoms with Gasteiger partial charge in [-0.05, 0) is 24.9 Å². The van der Waals surface area contributed by atoms with E-state index in [2.05, 4.69) is 5.32 Å². The summed E-state index contributed by atoms with van der Waals surface area (Å²) in [6.07, 6.45) is -3.93. The van der Waals surface area contributed by atoms with Gasteiger partial charge >= 0.3 is 6.18 Å². The van der Waals surface area contributed by atoms with Crippen LogP contribution in [0.1, 0.15) is 0 Å². The Morgan fingerprint density at radius 3 is 1.90 bits per heavy atom. The molecule has 58 valence electrons. The van der Waals surface area contributed by atoms with Gasteiger partial charge in [0.05, 0.1) is 5.92 Å². The second kappa shape index (κ2) is 1.67. The predicted molar refractivity (Wildman–Crippen MR) is 29.4 cm³/mol. The van der Waals surface area contributed by atoms with Crippen molar-refractivity contribution < 1.29 is 13.2 Å². The van der Waals surface area contributed by atoms with E-state index in [-0.39, 0.29) is 11.8 Å². The molecular weight excluding hydrogens is 143 g/mol. The minimum Gasteiger partial charge on any atom is -0.316 e. The van der Waals surface area contributed by atoms with Crippen LogP contribution < -0.4 is 5.32 Å². The first kappa shape index (κ1) is 6.46. The first-order valence-electron chi connectivity index (χ1n) is 3.38.